The Labute approximate surface area is 191 Å². The van der Waals surface area contributed by atoms with Crippen LogP contribution in [0.3, 0.4) is 0 Å². The van der Waals surface area contributed by atoms with Crippen LogP contribution in [0, 0.1) is 6.92 Å². The minimum atomic E-state index is -0.00549. The van der Waals surface area contributed by atoms with Crippen molar-refractivity contribution in [3.8, 4) is 28.4 Å². The minimum absolute atomic E-state index is 0.00549. The number of aromatic nitrogens is 5. The van der Waals surface area contributed by atoms with Crippen LogP contribution in [0.25, 0.3) is 33.8 Å². The first-order valence-corrected chi connectivity index (χ1v) is 11.0. The quantitative estimate of drug-likeness (QED) is 0.454. The second-order valence-corrected chi connectivity index (χ2v) is 8.44. The van der Waals surface area contributed by atoms with E-state index in [4.69, 9.17) is 14.7 Å². The summed E-state index contributed by atoms with van der Waals surface area (Å²) in [4.78, 5) is 37.8. The predicted octanol–water partition coefficient (Wildman–Crippen LogP) is 3.29. The summed E-state index contributed by atoms with van der Waals surface area (Å²) in [5.41, 5.74) is 5.28. The van der Waals surface area contributed by atoms with Crippen molar-refractivity contribution in [1.82, 2.24) is 29.8 Å². The van der Waals surface area contributed by atoms with Gasteiger partial charge in [-0.15, -0.1) is 0 Å². The van der Waals surface area contributed by atoms with Crippen LogP contribution in [0.2, 0.25) is 0 Å². The molecule has 5 rings (SSSR count). The normalized spacial score (nSPS) is 14.7. The highest BCUT2D eigenvalue weighted by Crippen LogP contribution is 2.37. The Morgan fingerprint density at radius 1 is 1.06 bits per heavy atom. The average molecular weight is 446 g/mol. The van der Waals surface area contributed by atoms with E-state index in [0.717, 1.165) is 60.0 Å². The Morgan fingerprint density at radius 3 is 2.45 bits per heavy atom. The lowest BCUT2D eigenvalue weighted by molar-refractivity contribution is 0.101. The molecule has 0 bridgehead atoms. The van der Waals surface area contributed by atoms with Gasteiger partial charge in [-0.25, -0.2) is 9.97 Å². The van der Waals surface area contributed by atoms with Crippen molar-refractivity contribution in [2.75, 3.05) is 45.2 Å². The summed E-state index contributed by atoms with van der Waals surface area (Å²) in [6.45, 7) is 7.22. The molecule has 1 aliphatic heterocycles. The van der Waals surface area contributed by atoms with Crippen LogP contribution in [0.15, 0.2) is 30.5 Å². The number of ether oxygens (including phenoxy) is 1. The highest BCUT2D eigenvalue weighted by atomic mass is 16.5. The number of aromatic amines is 2. The number of hydrogen-bond acceptors (Lipinski definition) is 7. The lowest BCUT2D eigenvalue weighted by Crippen LogP contribution is -2.45. The minimum Gasteiger partial charge on any atom is -0.497 e. The molecule has 0 aliphatic carbocycles. The molecule has 0 spiro atoms. The number of imidazole rings is 1. The van der Waals surface area contributed by atoms with Crippen molar-refractivity contribution < 1.29 is 9.53 Å². The van der Waals surface area contributed by atoms with Gasteiger partial charge in [0.25, 0.3) is 0 Å². The fraction of sp³-hybridized carbons (Fsp3) is 0.333. The number of piperazine rings is 1. The lowest BCUT2D eigenvalue weighted by Gasteiger charge is -2.32. The Hall–Kier alpha value is -3.72. The van der Waals surface area contributed by atoms with E-state index in [1.807, 2.05) is 31.2 Å². The van der Waals surface area contributed by atoms with Crippen LogP contribution in [0.4, 0.5) is 5.95 Å². The highest BCUT2D eigenvalue weighted by Gasteiger charge is 2.24. The number of benzene rings is 1. The van der Waals surface area contributed by atoms with E-state index >= 15 is 0 Å². The molecule has 9 heteroatoms. The van der Waals surface area contributed by atoms with E-state index in [9.17, 15) is 4.79 Å². The number of nitrogens with zero attached hydrogens (tertiary/aromatic N) is 5. The third kappa shape index (κ3) is 3.84. The number of fused-ring (bicyclic) bond motifs is 1. The van der Waals surface area contributed by atoms with Gasteiger partial charge in [-0.3, -0.25) is 4.79 Å². The second-order valence-electron chi connectivity index (χ2n) is 8.44. The van der Waals surface area contributed by atoms with Gasteiger partial charge >= 0.3 is 0 Å². The van der Waals surface area contributed by atoms with Crippen LogP contribution in [0.5, 0.6) is 5.75 Å². The average Bonchev–Trinajstić information content (AvgIpc) is 3.40. The number of carbonyl (C=O) groups is 1. The molecule has 0 radical (unpaired) electrons. The van der Waals surface area contributed by atoms with Crippen LogP contribution in [0.1, 0.15) is 23.0 Å². The maximum absolute atomic E-state index is 12.5. The van der Waals surface area contributed by atoms with Gasteiger partial charge in [-0.1, -0.05) is 12.1 Å². The lowest BCUT2D eigenvalue weighted by atomic mass is 9.97. The maximum atomic E-state index is 12.5. The van der Waals surface area contributed by atoms with E-state index < -0.39 is 0 Å². The first-order valence-electron chi connectivity index (χ1n) is 11.0. The molecular formula is C24H27N7O2. The van der Waals surface area contributed by atoms with Gasteiger partial charge in [0.15, 0.2) is 17.3 Å². The van der Waals surface area contributed by atoms with Crippen LogP contribution < -0.4 is 9.64 Å². The van der Waals surface area contributed by atoms with Gasteiger partial charge in [0.2, 0.25) is 5.95 Å². The number of Topliss-reactive ketones (excluding diaryl/α,β-unsaturated/α-hetero) is 1. The second kappa shape index (κ2) is 8.32. The molecule has 1 saturated heterocycles. The summed E-state index contributed by atoms with van der Waals surface area (Å²) in [6.07, 6.45) is 1.78. The van der Waals surface area contributed by atoms with Gasteiger partial charge in [0, 0.05) is 43.0 Å². The highest BCUT2D eigenvalue weighted by molar-refractivity contribution is 6.05. The Kier molecular flexibility index (Phi) is 5.33. The molecule has 9 nitrogen and oxygen atoms in total. The van der Waals surface area contributed by atoms with E-state index in [-0.39, 0.29) is 5.78 Å². The molecule has 170 valence electrons. The summed E-state index contributed by atoms with van der Waals surface area (Å²) < 4.78 is 5.29. The largest absolute Gasteiger partial charge is 0.497 e. The summed E-state index contributed by atoms with van der Waals surface area (Å²) in [5, 5.41) is 0. The summed E-state index contributed by atoms with van der Waals surface area (Å²) in [5.74, 6) is 2.06. The molecule has 0 atom stereocenters. The molecule has 0 saturated carbocycles. The van der Waals surface area contributed by atoms with Crippen molar-refractivity contribution in [1.29, 1.82) is 0 Å². The molecule has 4 heterocycles. The zero-order chi connectivity index (χ0) is 23.1. The van der Waals surface area contributed by atoms with E-state index in [0.29, 0.717) is 23.0 Å². The molecule has 1 aliphatic rings. The number of anilines is 1. The van der Waals surface area contributed by atoms with Crippen LogP contribution >= 0.6 is 0 Å². The van der Waals surface area contributed by atoms with Crippen molar-refractivity contribution in [3.63, 3.8) is 0 Å². The number of carbonyl (C=O) groups excluding carboxylic acids is 1. The number of methoxy groups -OCH3 is 1. The fourth-order valence-electron chi connectivity index (χ4n) is 4.36. The summed E-state index contributed by atoms with van der Waals surface area (Å²) in [6, 6.07) is 7.67. The number of nitrogens with one attached hydrogen (secondary N) is 2. The molecule has 0 unspecified atom stereocenters. The third-order valence-electron chi connectivity index (χ3n) is 6.17. The van der Waals surface area contributed by atoms with Crippen molar-refractivity contribution >= 4 is 22.9 Å². The molecule has 1 fully saturated rings. The molecule has 4 aromatic rings. The van der Waals surface area contributed by atoms with Crippen molar-refractivity contribution in [2.45, 2.75) is 13.8 Å². The Bertz CT molecular complexity index is 1310. The summed E-state index contributed by atoms with van der Waals surface area (Å²) in [7, 11) is 3.75. The predicted molar refractivity (Wildman–Crippen MR) is 128 cm³/mol. The first kappa shape index (κ1) is 21.1. The van der Waals surface area contributed by atoms with Gasteiger partial charge in [-0.05, 0) is 38.6 Å². The first-order chi connectivity index (χ1) is 15.9. The zero-order valence-corrected chi connectivity index (χ0v) is 19.3. The fourth-order valence-corrected chi connectivity index (χ4v) is 4.36. The maximum Gasteiger partial charge on any atom is 0.227 e. The van der Waals surface area contributed by atoms with Gasteiger partial charge in [0.05, 0.1) is 19.0 Å². The molecule has 2 N–H and O–H groups in total. The number of ketones is 1. The topological polar surface area (TPSA) is 103 Å². The molecule has 33 heavy (non-hydrogen) atoms. The summed E-state index contributed by atoms with van der Waals surface area (Å²) >= 11 is 0. The van der Waals surface area contributed by atoms with Crippen LogP contribution in [-0.4, -0.2) is 75.9 Å². The van der Waals surface area contributed by atoms with Gasteiger partial charge < -0.3 is 24.5 Å². The SMILES string of the molecule is COc1ccc(-c2c(-c3nc4nc(N5CCN(C)CC5)ncc4[nH]3)[nH]c(C)c2C(C)=O)cc1. The smallest absolute Gasteiger partial charge is 0.227 e. The molecule has 3 aromatic heterocycles. The number of H-pyrrole nitrogens is 2. The van der Waals surface area contributed by atoms with E-state index in [2.05, 4.69) is 31.8 Å². The van der Waals surface area contributed by atoms with E-state index in [1.165, 1.54) is 0 Å². The monoisotopic (exact) mass is 445 g/mol. The van der Waals surface area contributed by atoms with Crippen LogP contribution in [-0.2, 0) is 0 Å². The van der Waals surface area contributed by atoms with Crippen molar-refractivity contribution in [2.24, 2.45) is 0 Å². The van der Waals surface area contributed by atoms with Gasteiger partial charge in [-0.2, -0.15) is 4.98 Å². The third-order valence-corrected chi connectivity index (χ3v) is 6.17. The van der Waals surface area contributed by atoms with Crippen molar-refractivity contribution in [3.05, 3.63) is 41.7 Å². The number of likely N-dealkylation sites (N-methyl/N-ethyl adjacent to an activating group) is 1. The number of rotatable bonds is 5. The number of aryl methyl sites for hydroxylation is 1. The standard InChI is InChI=1S/C24H27N7O2/c1-14-19(15(2)32)20(16-5-7-17(33-4)8-6-16)21(26-14)23-27-18-13-25-24(29-22(18)28-23)31-11-9-30(3)10-12-31/h5-8,13,26H,9-12H2,1-4H3,(H,25,27,28,29). The van der Waals surface area contributed by atoms with Gasteiger partial charge in [0.1, 0.15) is 11.3 Å². The molecular weight excluding hydrogens is 418 g/mol. The molecule has 1 aromatic carbocycles. The zero-order valence-electron chi connectivity index (χ0n) is 19.3. The Balaban J connectivity index is 1.59. The number of hydrogen-bond donors (Lipinski definition) is 2. The Morgan fingerprint density at radius 2 is 1.79 bits per heavy atom. The molecule has 0 amide bonds. The van der Waals surface area contributed by atoms with E-state index in [1.54, 1.807) is 20.2 Å².